The first kappa shape index (κ1) is 24.9. The molecule has 0 aliphatic heterocycles. The molecule has 190 valence electrons. The number of sulfonamides is 1. The van der Waals surface area contributed by atoms with Gasteiger partial charge in [0.15, 0.2) is 4.96 Å². The van der Waals surface area contributed by atoms with Crippen LogP contribution in [0.5, 0.6) is 5.75 Å². The fourth-order valence-corrected chi connectivity index (χ4v) is 5.66. The van der Waals surface area contributed by atoms with E-state index in [4.69, 9.17) is 14.7 Å². The minimum atomic E-state index is -3.54. The molecule has 0 fully saturated rings. The fourth-order valence-electron chi connectivity index (χ4n) is 3.87. The summed E-state index contributed by atoms with van der Waals surface area (Å²) in [6, 6.07) is 16.4. The summed E-state index contributed by atoms with van der Waals surface area (Å²) in [7, 11) is -1.90. The molecular formula is C26H26N6O3S2. The van der Waals surface area contributed by atoms with Crippen molar-refractivity contribution in [2.75, 3.05) is 25.5 Å². The molecule has 37 heavy (non-hydrogen) atoms. The molecule has 0 aliphatic rings. The van der Waals surface area contributed by atoms with Crippen molar-refractivity contribution in [2.45, 2.75) is 18.2 Å². The van der Waals surface area contributed by atoms with Crippen molar-refractivity contribution < 1.29 is 13.2 Å². The van der Waals surface area contributed by atoms with Crippen LogP contribution in [0.15, 0.2) is 77.3 Å². The number of anilines is 1. The molecule has 3 heterocycles. The van der Waals surface area contributed by atoms with Crippen LogP contribution in [0.25, 0.3) is 27.6 Å². The summed E-state index contributed by atoms with van der Waals surface area (Å²) in [6.07, 6.45) is 4.24. The molecule has 2 N–H and O–H groups in total. The van der Waals surface area contributed by atoms with Crippen LogP contribution in [0.3, 0.4) is 0 Å². The van der Waals surface area contributed by atoms with Gasteiger partial charge in [-0.2, -0.15) is 0 Å². The number of hydrogen-bond acceptors (Lipinski definition) is 8. The second-order valence-electron chi connectivity index (χ2n) is 8.35. The Morgan fingerprint density at radius 1 is 1.05 bits per heavy atom. The maximum atomic E-state index is 12.5. The molecule has 9 nitrogen and oxygen atoms in total. The van der Waals surface area contributed by atoms with E-state index in [9.17, 15) is 8.42 Å². The topological polar surface area (TPSA) is 111 Å². The molecule has 0 saturated carbocycles. The lowest BCUT2D eigenvalue weighted by molar-refractivity contribution is 0.415. The molecule has 0 atom stereocenters. The number of benzene rings is 2. The number of aromatic nitrogens is 4. The lowest BCUT2D eigenvalue weighted by Gasteiger charge is -2.09. The van der Waals surface area contributed by atoms with E-state index in [-0.39, 0.29) is 4.90 Å². The monoisotopic (exact) mass is 534 g/mol. The largest absolute Gasteiger partial charge is 0.497 e. The number of nitrogens with one attached hydrogen (secondary N) is 2. The van der Waals surface area contributed by atoms with Crippen LogP contribution >= 0.6 is 11.3 Å². The highest BCUT2D eigenvalue weighted by molar-refractivity contribution is 7.89. The quantitative estimate of drug-likeness (QED) is 0.252. The van der Waals surface area contributed by atoms with Crippen molar-refractivity contribution in [2.24, 2.45) is 0 Å². The number of fused-ring (bicyclic) bond motifs is 1. The van der Waals surface area contributed by atoms with Crippen LogP contribution in [-0.2, 0) is 10.0 Å². The van der Waals surface area contributed by atoms with Crippen LogP contribution in [0.2, 0.25) is 0 Å². The second kappa shape index (κ2) is 10.7. The summed E-state index contributed by atoms with van der Waals surface area (Å²) in [6.45, 7) is 2.71. The van der Waals surface area contributed by atoms with Gasteiger partial charge in [0.2, 0.25) is 16.0 Å². The molecule has 0 bridgehead atoms. The number of imidazole rings is 1. The highest BCUT2D eigenvalue weighted by Crippen LogP contribution is 2.34. The molecule has 0 saturated heterocycles. The normalized spacial score (nSPS) is 11.6. The zero-order chi connectivity index (χ0) is 25.8. The van der Waals surface area contributed by atoms with Gasteiger partial charge in [-0.3, -0.25) is 4.40 Å². The van der Waals surface area contributed by atoms with Gasteiger partial charge in [-0.25, -0.2) is 28.1 Å². The summed E-state index contributed by atoms with van der Waals surface area (Å²) in [5, 5.41) is 5.18. The van der Waals surface area contributed by atoms with Gasteiger partial charge >= 0.3 is 0 Å². The van der Waals surface area contributed by atoms with Crippen molar-refractivity contribution in [3.63, 3.8) is 0 Å². The molecule has 0 aliphatic carbocycles. The van der Waals surface area contributed by atoms with Gasteiger partial charge < -0.3 is 10.1 Å². The van der Waals surface area contributed by atoms with Gasteiger partial charge in [0, 0.05) is 36.4 Å². The molecule has 11 heteroatoms. The highest BCUT2D eigenvalue weighted by Gasteiger charge is 2.19. The number of nitrogens with zero attached hydrogens (tertiary/aromatic N) is 4. The molecule has 2 aromatic carbocycles. The molecule has 5 aromatic rings. The SMILES string of the molecule is COc1cccc(-c2nc3sccn3c2-c2ccnc(NCCCNS(=O)(=O)c3ccc(C)cc3)n2)c1. The zero-order valence-electron chi connectivity index (χ0n) is 20.4. The van der Waals surface area contributed by atoms with Crippen LogP contribution in [-0.4, -0.2) is 48.0 Å². The summed E-state index contributed by atoms with van der Waals surface area (Å²) in [4.78, 5) is 15.0. The van der Waals surface area contributed by atoms with Crippen molar-refractivity contribution in [1.29, 1.82) is 0 Å². The molecular weight excluding hydrogens is 508 g/mol. The van der Waals surface area contributed by atoms with Crippen molar-refractivity contribution in [3.8, 4) is 28.4 Å². The number of hydrogen-bond donors (Lipinski definition) is 2. The van der Waals surface area contributed by atoms with Gasteiger partial charge in [0.1, 0.15) is 11.4 Å². The third-order valence-electron chi connectivity index (χ3n) is 5.76. The Balaban J connectivity index is 1.29. The first-order chi connectivity index (χ1) is 17.9. The van der Waals surface area contributed by atoms with Gasteiger partial charge in [-0.05, 0) is 43.7 Å². The van der Waals surface area contributed by atoms with Crippen molar-refractivity contribution in [3.05, 3.63) is 77.9 Å². The van der Waals surface area contributed by atoms with E-state index in [0.29, 0.717) is 25.5 Å². The van der Waals surface area contributed by atoms with Gasteiger partial charge in [0.05, 0.1) is 23.4 Å². The minimum Gasteiger partial charge on any atom is -0.497 e. The van der Waals surface area contributed by atoms with E-state index in [2.05, 4.69) is 15.0 Å². The number of aryl methyl sites for hydroxylation is 1. The van der Waals surface area contributed by atoms with Crippen LogP contribution in [0.1, 0.15) is 12.0 Å². The number of methoxy groups -OCH3 is 1. The van der Waals surface area contributed by atoms with Crippen molar-refractivity contribution >= 4 is 32.3 Å². The highest BCUT2D eigenvalue weighted by atomic mass is 32.2. The van der Waals surface area contributed by atoms with E-state index in [0.717, 1.165) is 38.9 Å². The van der Waals surface area contributed by atoms with Crippen LogP contribution < -0.4 is 14.8 Å². The number of rotatable bonds is 10. The molecule has 0 spiro atoms. The Morgan fingerprint density at radius 3 is 2.70 bits per heavy atom. The molecule has 0 unspecified atom stereocenters. The van der Waals surface area contributed by atoms with Crippen LogP contribution in [0, 0.1) is 6.92 Å². The van der Waals surface area contributed by atoms with E-state index >= 15 is 0 Å². The Hall–Kier alpha value is -3.80. The summed E-state index contributed by atoms with van der Waals surface area (Å²) < 4.78 is 35.0. The lowest BCUT2D eigenvalue weighted by atomic mass is 10.1. The second-order valence-corrected chi connectivity index (χ2v) is 11.0. The average molecular weight is 535 g/mol. The van der Waals surface area contributed by atoms with E-state index in [1.807, 2.05) is 53.2 Å². The van der Waals surface area contributed by atoms with E-state index in [1.54, 1.807) is 48.9 Å². The van der Waals surface area contributed by atoms with Gasteiger partial charge in [-0.15, -0.1) is 11.3 Å². The Labute approximate surface area is 219 Å². The summed E-state index contributed by atoms with van der Waals surface area (Å²) >= 11 is 1.55. The molecule has 3 aromatic heterocycles. The lowest BCUT2D eigenvalue weighted by Crippen LogP contribution is -2.26. The summed E-state index contributed by atoms with van der Waals surface area (Å²) in [5.41, 5.74) is 4.33. The fraction of sp³-hybridized carbons (Fsp3) is 0.192. The van der Waals surface area contributed by atoms with Crippen LogP contribution in [0.4, 0.5) is 5.95 Å². The van der Waals surface area contributed by atoms with E-state index < -0.39 is 10.0 Å². The molecule has 0 radical (unpaired) electrons. The van der Waals surface area contributed by atoms with Gasteiger partial charge in [-0.1, -0.05) is 29.8 Å². The first-order valence-corrected chi connectivity index (χ1v) is 14.0. The standard InChI is InChI=1S/C26H26N6O3S2/c1-18-7-9-21(10-8-18)37(33,34)29-13-4-12-27-25-28-14-11-22(30-25)24-23(31-26-32(24)15-16-36-26)19-5-3-6-20(17-19)35-2/h3,5-11,14-17,29H,4,12-13H2,1-2H3,(H,27,28,30). The zero-order valence-corrected chi connectivity index (χ0v) is 22.0. The van der Waals surface area contributed by atoms with Crippen molar-refractivity contribution in [1.82, 2.24) is 24.1 Å². The predicted octanol–water partition coefficient (Wildman–Crippen LogP) is 4.62. The number of ether oxygens (including phenoxy) is 1. The maximum absolute atomic E-state index is 12.5. The Bertz CT molecular complexity index is 1630. The van der Waals surface area contributed by atoms with E-state index in [1.165, 1.54) is 0 Å². The third-order valence-corrected chi connectivity index (χ3v) is 8.00. The smallest absolute Gasteiger partial charge is 0.240 e. The third kappa shape index (κ3) is 5.48. The minimum absolute atomic E-state index is 0.259. The Morgan fingerprint density at radius 2 is 1.89 bits per heavy atom. The number of thiazole rings is 1. The average Bonchev–Trinajstić information content (AvgIpc) is 3.50. The first-order valence-electron chi connectivity index (χ1n) is 11.7. The molecule has 5 rings (SSSR count). The van der Waals surface area contributed by atoms with Gasteiger partial charge in [0.25, 0.3) is 0 Å². The summed E-state index contributed by atoms with van der Waals surface area (Å²) in [5.74, 6) is 1.21. The predicted molar refractivity (Wildman–Crippen MR) is 146 cm³/mol. The Kier molecular flexibility index (Phi) is 7.17. The molecule has 0 amide bonds. The maximum Gasteiger partial charge on any atom is 0.240 e.